The van der Waals surface area contributed by atoms with E-state index in [4.69, 9.17) is 4.84 Å². The molecule has 0 aliphatic carbocycles. The molecule has 5 nitrogen and oxygen atoms in total. The maximum atomic E-state index is 13.9. The first-order chi connectivity index (χ1) is 17.9. The minimum Gasteiger partial charge on any atom is -0.269 e. The van der Waals surface area contributed by atoms with Crippen molar-refractivity contribution in [3.8, 4) is 0 Å². The fraction of sp³-hybridized carbons (Fsp3) is 0.133. The van der Waals surface area contributed by atoms with Crippen LogP contribution in [0.25, 0.3) is 0 Å². The summed E-state index contributed by atoms with van der Waals surface area (Å²) in [6.07, 6.45) is 1.75. The van der Waals surface area contributed by atoms with Gasteiger partial charge in [-0.3, -0.25) is 9.14 Å². The normalized spacial score (nSPS) is 16.8. The van der Waals surface area contributed by atoms with E-state index in [2.05, 4.69) is 15.9 Å². The molecule has 7 heteroatoms. The third kappa shape index (κ3) is 5.64. The molecule has 1 aliphatic heterocycles. The molecule has 0 aromatic heterocycles. The number of aryl methyl sites for hydroxylation is 1. The molecule has 0 amide bonds. The molecular formula is C30H27BrN2O3S. The van der Waals surface area contributed by atoms with Gasteiger partial charge in [-0.2, -0.15) is 0 Å². The molecule has 0 N–H and O–H groups in total. The number of rotatable bonds is 7. The third-order valence-electron chi connectivity index (χ3n) is 6.27. The van der Waals surface area contributed by atoms with Crippen molar-refractivity contribution in [2.24, 2.45) is 0 Å². The van der Waals surface area contributed by atoms with Crippen molar-refractivity contribution in [2.75, 3.05) is 11.7 Å². The number of sulfonamides is 1. The maximum Gasteiger partial charge on any atom is 0.264 e. The average molecular weight is 576 g/mol. The Bertz CT molecular complexity index is 1470. The molecule has 188 valence electrons. The number of nitrogens with zero attached hydrogens (tertiary/aromatic N) is 2. The van der Waals surface area contributed by atoms with E-state index in [1.165, 1.54) is 4.31 Å². The van der Waals surface area contributed by atoms with E-state index in [1.807, 2.05) is 109 Å². The summed E-state index contributed by atoms with van der Waals surface area (Å²) in [5, 5.41) is 1.86. The number of hydrogen-bond donors (Lipinski definition) is 0. The van der Waals surface area contributed by atoms with Crippen molar-refractivity contribution in [3.63, 3.8) is 0 Å². The smallest absolute Gasteiger partial charge is 0.264 e. The zero-order valence-electron chi connectivity index (χ0n) is 20.4. The first kappa shape index (κ1) is 25.3. The van der Waals surface area contributed by atoms with Crippen molar-refractivity contribution in [2.45, 2.75) is 24.4 Å². The van der Waals surface area contributed by atoms with Gasteiger partial charge in [0.05, 0.1) is 17.1 Å². The molecule has 0 unspecified atom stereocenters. The summed E-state index contributed by atoms with van der Waals surface area (Å²) in [5.74, 6) is 0. The largest absolute Gasteiger partial charge is 0.269 e. The molecule has 0 bridgehead atoms. The Morgan fingerprint density at radius 1 is 0.892 bits per heavy atom. The molecule has 5 rings (SSSR count). The molecule has 1 fully saturated rings. The van der Waals surface area contributed by atoms with Gasteiger partial charge in [0.25, 0.3) is 10.0 Å². The summed E-state index contributed by atoms with van der Waals surface area (Å²) in [5.41, 5.74) is 4.65. The number of anilines is 1. The SMILES string of the molecule is Cc1ccc(S(=O)(=O)N(/C=C2/CON(c3ccccc3)[C@H]2c2ccc(Br)cc2)Cc2ccccc2)cc1. The predicted octanol–water partition coefficient (Wildman–Crippen LogP) is 7.03. The van der Waals surface area contributed by atoms with Crippen LogP contribution in [-0.4, -0.2) is 19.3 Å². The first-order valence-electron chi connectivity index (χ1n) is 12.0. The standard InChI is InChI=1S/C30H27BrN2O3S/c1-23-12-18-29(19-13-23)37(34,35)32(20-24-8-4-2-5-9-24)21-26-22-36-33(28-10-6-3-7-11-28)30(26)25-14-16-27(31)17-15-25/h2-19,21,30H,20,22H2,1H3/b26-21-/t30-/m0/s1. The fourth-order valence-corrected chi connectivity index (χ4v) is 5.95. The topological polar surface area (TPSA) is 49.9 Å². The molecule has 0 radical (unpaired) electrons. The van der Waals surface area contributed by atoms with Gasteiger partial charge in [-0.05, 0) is 54.4 Å². The summed E-state index contributed by atoms with van der Waals surface area (Å²) in [4.78, 5) is 6.42. The molecule has 4 aromatic rings. The van der Waals surface area contributed by atoms with Crippen molar-refractivity contribution >= 4 is 31.6 Å². The number of benzene rings is 4. The van der Waals surface area contributed by atoms with Crippen molar-refractivity contribution < 1.29 is 13.3 Å². The van der Waals surface area contributed by atoms with Crippen LogP contribution in [0.4, 0.5) is 5.69 Å². The lowest BCUT2D eigenvalue weighted by molar-refractivity contribution is 0.162. The Kier molecular flexibility index (Phi) is 7.46. The summed E-state index contributed by atoms with van der Waals surface area (Å²) in [6, 6.07) is 34.2. The Morgan fingerprint density at radius 3 is 2.16 bits per heavy atom. The first-order valence-corrected chi connectivity index (χ1v) is 14.2. The van der Waals surface area contributed by atoms with Crippen LogP contribution in [0.1, 0.15) is 22.7 Å². The number of halogens is 1. The van der Waals surface area contributed by atoms with E-state index < -0.39 is 10.0 Å². The van der Waals surface area contributed by atoms with E-state index in [0.29, 0.717) is 0 Å². The van der Waals surface area contributed by atoms with E-state index in [0.717, 1.165) is 32.4 Å². The van der Waals surface area contributed by atoms with E-state index >= 15 is 0 Å². The van der Waals surface area contributed by atoms with Crippen molar-refractivity contribution in [3.05, 3.63) is 142 Å². The summed E-state index contributed by atoms with van der Waals surface area (Å²) in [7, 11) is -3.82. The van der Waals surface area contributed by atoms with E-state index in [-0.39, 0.29) is 24.1 Å². The summed E-state index contributed by atoms with van der Waals surface area (Å²) >= 11 is 3.52. The lowest BCUT2D eigenvalue weighted by Crippen LogP contribution is -2.27. The number of para-hydroxylation sites is 1. The van der Waals surface area contributed by atoms with Gasteiger partial charge in [-0.25, -0.2) is 13.5 Å². The third-order valence-corrected chi connectivity index (χ3v) is 8.52. The van der Waals surface area contributed by atoms with E-state index in [9.17, 15) is 8.42 Å². The van der Waals surface area contributed by atoms with Gasteiger partial charge < -0.3 is 0 Å². The second kappa shape index (κ2) is 10.9. The molecule has 1 aliphatic rings. The van der Waals surface area contributed by atoms with Crippen molar-refractivity contribution in [1.29, 1.82) is 0 Å². The Hall–Kier alpha value is -3.39. The van der Waals surface area contributed by atoms with Gasteiger partial charge in [0.1, 0.15) is 12.6 Å². The van der Waals surface area contributed by atoms with Crippen LogP contribution < -0.4 is 5.06 Å². The van der Waals surface area contributed by atoms with Gasteiger partial charge in [-0.1, -0.05) is 94.3 Å². The molecule has 1 saturated heterocycles. The highest BCUT2D eigenvalue weighted by atomic mass is 79.9. The van der Waals surface area contributed by atoms with Crippen LogP contribution in [0.15, 0.2) is 130 Å². The highest BCUT2D eigenvalue weighted by molar-refractivity contribution is 9.10. The van der Waals surface area contributed by atoms with Crippen molar-refractivity contribution in [1.82, 2.24) is 4.31 Å². The van der Waals surface area contributed by atoms with Gasteiger partial charge in [-0.15, -0.1) is 0 Å². The quantitative estimate of drug-likeness (QED) is 0.238. The van der Waals surface area contributed by atoms with Gasteiger partial charge in [0.15, 0.2) is 0 Å². The minimum absolute atomic E-state index is 0.207. The van der Waals surface area contributed by atoms with Crippen LogP contribution in [0.5, 0.6) is 0 Å². The zero-order chi connectivity index (χ0) is 25.8. The Balaban J connectivity index is 1.60. The second-order valence-electron chi connectivity index (χ2n) is 8.94. The maximum absolute atomic E-state index is 13.9. The molecular weight excluding hydrogens is 548 g/mol. The van der Waals surface area contributed by atoms with Gasteiger partial charge in [0.2, 0.25) is 0 Å². The molecule has 4 aromatic carbocycles. The Labute approximate surface area is 226 Å². The lowest BCUT2D eigenvalue weighted by atomic mass is 10.00. The minimum atomic E-state index is -3.82. The summed E-state index contributed by atoms with van der Waals surface area (Å²) in [6.45, 7) is 2.42. The molecule has 1 atom stereocenters. The molecule has 0 saturated carbocycles. The summed E-state index contributed by atoms with van der Waals surface area (Å²) < 4.78 is 30.2. The number of hydrogen-bond acceptors (Lipinski definition) is 4. The fourth-order valence-electron chi connectivity index (χ4n) is 4.34. The predicted molar refractivity (Wildman–Crippen MR) is 150 cm³/mol. The van der Waals surface area contributed by atoms with Gasteiger partial charge >= 0.3 is 0 Å². The average Bonchev–Trinajstić information content (AvgIpc) is 3.34. The highest BCUT2D eigenvalue weighted by Crippen LogP contribution is 2.39. The monoisotopic (exact) mass is 574 g/mol. The Morgan fingerprint density at radius 2 is 1.51 bits per heavy atom. The molecule has 37 heavy (non-hydrogen) atoms. The van der Waals surface area contributed by atoms with Crippen LogP contribution in [0.3, 0.4) is 0 Å². The molecule has 0 spiro atoms. The lowest BCUT2D eigenvalue weighted by Gasteiger charge is -2.27. The highest BCUT2D eigenvalue weighted by Gasteiger charge is 2.34. The van der Waals surface area contributed by atoms with Gasteiger partial charge in [0, 0.05) is 16.2 Å². The second-order valence-corrected chi connectivity index (χ2v) is 11.7. The van der Waals surface area contributed by atoms with Crippen LogP contribution in [-0.2, 0) is 21.4 Å². The molecule has 1 heterocycles. The van der Waals surface area contributed by atoms with Crippen LogP contribution in [0.2, 0.25) is 0 Å². The number of hydroxylamine groups is 1. The van der Waals surface area contributed by atoms with Crippen LogP contribution >= 0.6 is 15.9 Å². The zero-order valence-corrected chi connectivity index (χ0v) is 22.8. The van der Waals surface area contributed by atoms with Crippen LogP contribution in [0, 0.1) is 6.92 Å². The van der Waals surface area contributed by atoms with E-state index in [1.54, 1.807) is 18.3 Å².